The first-order chi connectivity index (χ1) is 11.1. The number of hydrogen-bond acceptors (Lipinski definition) is 2. The minimum atomic E-state index is 0.622. The van der Waals surface area contributed by atoms with Crippen molar-refractivity contribution < 1.29 is 0 Å². The van der Waals surface area contributed by atoms with Crippen molar-refractivity contribution in [2.75, 3.05) is 0 Å². The summed E-state index contributed by atoms with van der Waals surface area (Å²) in [6.07, 6.45) is 4.62. The lowest BCUT2D eigenvalue weighted by atomic mass is 9.99. The van der Waals surface area contributed by atoms with Crippen LogP contribution in [0.1, 0.15) is 24.5 Å². The Morgan fingerprint density at radius 3 is 2.48 bits per heavy atom. The largest absolute Gasteiger partial charge is 0.387 e. The summed E-state index contributed by atoms with van der Waals surface area (Å²) >= 11 is 0. The molecule has 3 rings (SSSR count). The van der Waals surface area contributed by atoms with Crippen LogP contribution < -0.4 is 5.73 Å². The second kappa shape index (κ2) is 6.09. The average Bonchev–Trinajstić information content (AvgIpc) is 2.72. The molecular formula is C21H20N2. The molecule has 0 atom stereocenters. The van der Waals surface area contributed by atoms with Gasteiger partial charge in [0.1, 0.15) is 5.84 Å². The summed E-state index contributed by atoms with van der Waals surface area (Å²) in [5, 5.41) is 0. The summed E-state index contributed by atoms with van der Waals surface area (Å²) in [4.78, 5) is 4.58. The average molecular weight is 300 g/mol. The van der Waals surface area contributed by atoms with E-state index in [1.165, 1.54) is 0 Å². The van der Waals surface area contributed by atoms with Gasteiger partial charge in [0, 0.05) is 12.0 Å². The van der Waals surface area contributed by atoms with E-state index in [4.69, 9.17) is 5.73 Å². The Bertz CT molecular complexity index is 837. The normalized spacial score (nSPS) is 13.4. The molecule has 2 aromatic carbocycles. The van der Waals surface area contributed by atoms with Gasteiger partial charge in [-0.15, -0.1) is 0 Å². The summed E-state index contributed by atoms with van der Waals surface area (Å²) < 4.78 is 0. The van der Waals surface area contributed by atoms with Crippen molar-refractivity contribution in [3.8, 4) is 11.1 Å². The van der Waals surface area contributed by atoms with Crippen molar-refractivity contribution in [2.24, 2.45) is 10.7 Å². The fourth-order valence-electron chi connectivity index (χ4n) is 2.66. The zero-order valence-electron chi connectivity index (χ0n) is 13.3. The molecule has 0 unspecified atom stereocenters. The Kier molecular flexibility index (Phi) is 3.98. The lowest BCUT2D eigenvalue weighted by Crippen LogP contribution is -2.11. The third-order valence-corrected chi connectivity index (χ3v) is 4.02. The number of hydrogen-bond donors (Lipinski definition) is 1. The van der Waals surface area contributed by atoms with Crippen LogP contribution in [0.25, 0.3) is 23.3 Å². The zero-order valence-corrected chi connectivity index (χ0v) is 13.3. The van der Waals surface area contributed by atoms with Crippen molar-refractivity contribution >= 4 is 23.7 Å². The number of allylic oxidation sites excluding steroid dienone is 1. The molecule has 0 bridgehead atoms. The highest BCUT2D eigenvalue weighted by Crippen LogP contribution is 2.32. The van der Waals surface area contributed by atoms with Crippen LogP contribution in [-0.4, -0.2) is 5.84 Å². The molecule has 0 saturated heterocycles. The SMILES string of the molecule is C=Cc1ccc(-c2ccc3c(c2)N=C(N)CC(C(=C)C)=C3)cc1. The Balaban J connectivity index is 2.06. The highest BCUT2D eigenvalue weighted by Gasteiger charge is 2.11. The second-order valence-corrected chi connectivity index (χ2v) is 5.83. The maximum Gasteiger partial charge on any atom is 0.104 e. The van der Waals surface area contributed by atoms with Crippen molar-refractivity contribution in [3.63, 3.8) is 0 Å². The third kappa shape index (κ3) is 3.16. The van der Waals surface area contributed by atoms with E-state index in [2.05, 4.69) is 66.7 Å². The summed E-state index contributed by atoms with van der Waals surface area (Å²) in [5.41, 5.74) is 13.6. The van der Waals surface area contributed by atoms with Gasteiger partial charge in [0.2, 0.25) is 0 Å². The van der Waals surface area contributed by atoms with Gasteiger partial charge < -0.3 is 5.73 Å². The number of benzene rings is 2. The number of fused-ring (bicyclic) bond motifs is 1. The molecular weight excluding hydrogens is 280 g/mol. The molecule has 0 amide bonds. The van der Waals surface area contributed by atoms with Gasteiger partial charge in [-0.3, -0.25) is 0 Å². The molecule has 1 heterocycles. The first kappa shape index (κ1) is 15.0. The lowest BCUT2D eigenvalue weighted by Gasteiger charge is -2.07. The minimum Gasteiger partial charge on any atom is -0.387 e. The molecule has 2 nitrogen and oxygen atoms in total. The monoisotopic (exact) mass is 300 g/mol. The molecule has 0 saturated carbocycles. The summed E-state index contributed by atoms with van der Waals surface area (Å²) in [6, 6.07) is 14.6. The van der Waals surface area contributed by atoms with E-state index in [1.807, 2.05) is 13.0 Å². The van der Waals surface area contributed by atoms with Gasteiger partial charge in [-0.1, -0.05) is 61.2 Å². The quantitative estimate of drug-likeness (QED) is 0.815. The van der Waals surface area contributed by atoms with Crippen LogP contribution >= 0.6 is 0 Å². The maximum absolute atomic E-state index is 6.06. The van der Waals surface area contributed by atoms with E-state index >= 15 is 0 Å². The van der Waals surface area contributed by atoms with Crippen LogP contribution in [-0.2, 0) is 0 Å². The lowest BCUT2D eigenvalue weighted by molar-refractivity contribution is 1.25. The number of amidine groups is 1. The Morgan fingerprint density at radius 2 is 1.83 bits per heavy atom. The Hall–Kier alpha value is -2.87. The van der Waals surface area contributed by atoms with E-state index in [9.17, 15) is 0 Å². The molecule has 0 radical (unpaired) electrons. The predicted octanol–water partition coefficient (Wildman–Crippen LogP) is 5.35. The van der Waals surface area contributed by atoms with Crippen molar-refractivity contribution in [1.82, 2.24) is 0 Å². The van der Waals surface area contributed by atoms with E-state index in [1.54, 1.807) is 0 Å². The fraction of sp³-hybridized carbons (Fsp3) is 0.0952. The first-order valence-electron chi connectivity index (χ1n) is 7.63. The standard InChI is InChI=1S/C21H20N2/c1-4-15-5-7-16(8-6-15)17-9-10-18-11-19(14(2)3)13-21(22)23-20(18)12-17/h4-12H,1-2,13H2,3H3,(H2,22,23). The molecule has 2 aromatic rings. The Labute approximate surface area is 137 Å². The molecule has 0 fully saturated rings. The maximum atomic E-state index is 6.06. The summed E-state index contributed by atoms with van der Waals surface area (Å²) in [6.45, 7) is 9.81. The van der Waals surface area contributed by atoms with Crippen LogP contribution in [0.3, 0.4) is 0 Å². The first-order valence-corrected chi connectivity index (χ1v) is 7.63. The van der Waals surface area contributed by atoms with E-state index in [0.29, 0.717) is 12.3 Å². The van der Waals surface area contributed by atoms with Crippen molar-refractivity contribution in [2.45, 2.75) is 13.3 Å². The van der Waals surface area contributed by atoms with Crippen LogP contribution in [0.2, 0.25) is 0 Å². The predicted molar refractivity (Wildman–Crippen MR) is 101 cm³/mol. The Morgan fingerprint density at radius 1 is 1.13 bits per heavy atom. The topological polar surface area (TPSA) is 38.4 Å². The molecule has 1 aliphatic heterocycles. The van der Waals surface area contributed by atoms with Crippen LogP contribution in [0.4, 0.5) is 5.69 Å². The molecule has 0 spiro atoms. The van der Waals surface area contributed by atoms with Crippen LogP contribution in [0.15, 0.2) is 71.8 Å². The summed E-state index contributed by atoms with van der Waals surface area (Å²) in [7, 11) is 0. The molecule has 23 heavy (non-hydrogen) atoms. The smallest absolute Gasteiger partial charge is 0.104 e. The van der Waals surface area contributed by atoms with E-state index in [-0.39, 0.29) is 0 Å². The second-order valence-electron chi connectivity index (χ2n) is 5.83. The highest BCUT2D eigenvalue weighted by atomic mass is 14.9. The number of rotatable bonds is 3. The van der Waals surface area contributed by atoms with Crippen LogP contribution in [0.5, 0.6) is 0 Å². The van der Waals surface area contributed by atoms with Gasteiger partial charge in [0.25, 0.3) is 0 Å². The van der Waals surface area contributed by atoms with Gasteiger partial charge >= 0.3 is 0 Å². The fourth-order valence-corrected chi connectivity index (χ4v) is 2.66. The molecule has 2 N–H and O–H groups in total. The summed E-state index contributed by atoms with van der Waals surface area (Å²) in [5.74, 6) is 0.622. The van der Waals surface area contributed by atoms with Crippen LogP contribution in [0, 0.1) is 0 Å². The van der Waals surface area contributed by atoms with Gasteiger partial charge in [-0.05, 0) is 41.3 Å². The molecule has 1 aliphatic rings. The van der Waals surface area contributed by atoms with Gasteiger partial charge in [-0.25, -0.2) is 4.99 Å². The van der Waals surface area contributed by atoms with E-state index < -0.39 is 0 Å². The third-order valence-electron chi connectivity index (χ3n) is 4.02. The molecule has 114 valence electrons. The molecule has 0 aromatic heterocycles. The molecule has 0 aliphatic carbocycles. The van der Waals surface area contributed by atoms with E-state index in [0.717, 1.165) is 39.1 Å². The van der Waals surface area contributed by atoms with Gasteiger partial charge in [-0.2, -0.15) is 0 Å². The highest BCUT2D eigenvalue weighted by molar-refractivity contribution is 5.92. The molecule has 2 heteroatoms. The van der Waals surface area contributed by atoms with Crippen molar-refractivity contribution in [1.29, 1.82) is 0 Å². The number of nitrogens with two attached hydrogens (primary N) is 1. The minimum absolute atomic E-state index is 0.622. The van der Waals surface area contributed by atoms with Crippen molar-refractivity contribution in [3.05, 3.63) is 77.9 Å². The number of aliphatic imine (C=N–C) groups is 1. The van der Waals surface area contributed by atoms with Gasteiger partial charge in [0.15, 0.2) is 0 Å². The zero-order chi connectivity index (χ0) is 16.4. The number of nitrogens with zero attached hydrogens (tertiary/aromatic N) is 1. The van der Waals surface area contributed by atoms with Gasteiger partial charge in [0.05, 0.1) is 5.69 Å².